The third kappa shape index (κ3) is 1.51. The van der Waals surface area contributed by atoms with Gasteiger partial charge < -0.3 is 4.98 Å². The van der Waals surface area contributed by atoms with Gasteiger partial charge in [0.1, 0.15) is 11.7 Å². The molecule has 6 heteroatoms. The van der Waals surface area contributed by atoms with Crippen molar-refractivity contribution in [3.8, 4) is 5.69 Å². The van der Waals surface area contributed by atoms with E-state index in [1.807, 2.05) is 0 Å². The van der Waals surface area contributed by atoms with E-state index in [1.54, 1.807) is 28.9 Å². The van der Waals surface area contributed by atoms with Crippen LogP contribution in [0.2, 0.25) is 0 Å². The number of benzene rings is 1. The van der Waals surface area contributed by atoms with Crippen molar-refractivity contribution in [3.63, 3.8) is 0 Å². The fourth-order valence-electron chi connectivity index (χ4n) is 1.74. The van der Waals surface area contributed by atoms with Gasteiger partial charge in [-0.3, -0.25) is 9.59 Å². The van der Waals surface area contributed by atoms with E-state index in [0.29, 0.717) is 16.6 Å². The summed E-state index contributed by atoms with van der Waals surface area (Å²) in [6.07, 6.45) is 3.57. The Morgan fingerprint density at radius 2 is 2.00 bits per heavy atom. The third-order valence-electron chi connectivity index (χ3n) is 2.64. The lowest BCUT2D eigenvalue weighted by Gasteiger charge is -2.02. The quantitative estimate of drug-likeness (QED) is 0.675. The molecule has 0 amide bonds. The number of aromatic nitrogens is 4. The minimum atomic E-state index is -0.226. The number of carbonyl (C=O) groups excluding carboxylic acids is 1. The summed E-state index contributed by atoms with van der Waals surface area (Å²) in [7, 11) is 0. The topological polar surface area (TPSA) is 80.6 Å². The highest BCUT2D eigenvalue weighted by molar-refractivity contribution is 5.77. The van der Waals surface area contributed by atoms with Crippen LogP contribution in [0, 0.1) is 0 Å². The fourth-order valence-corrected chi connectivity index (χ4v) is 1.74. The van der Waals surface area contributed by atoms with Gasteiger partial charge in [-0.05, 0) is 24.3 Å². The number of hydrogen-bond acceptors (Lipinski definition) is 4. The first-order chi connectivity index (χ1) is 8.79. The summed E-state index contributed by atoms with van der Waals surface area (Å²) in [5, 5.41) is 4.56. The molecule has 0 atom stereocenters. The number of fused-ring (bicyclic) bond motifs is 1. The van der Waals surface area contributed by atoms with Gasteiger partial charge in [-0.2, -0.15) is 5.10 Å². The second kappa shape index (κ2) is 3.92. The van der Waals surface area contributed by atoms with Crippen LogP contribution in [0.1, 0.15) is 10.4 Å². The molecule has 0 spiro atoms. The average molecular weight is 240 g/mol. The molecule has 1 N–H and O–H groups in total. The van der Waals surface area contributed by atoms with E-state index in [4.69, 9.17) is 0 Å². The zero-order valence-corrected chi connectivity index (χ0v) is 9.20. The first-order valence-electron chi connectivity index (χ1n) is 5.26. The van der Waals surface area contributed by atoms with Crippen molar-refractivity contribution in [2.24, 2.45) is 0 Å². The summed E-state index contributed by atoms with van der Waals surface area (Å²) in [4.78, 5) is 28.7. The molecule has 0 bridgehead atoms. The number of hydrogen-bond donors (Lipinski definition) is 1. The molecule has 0 saturated heterocycles. The molecule has 88 valence electrons. The SMILES string of the molecule is O=Cc1ccc(-n2ncc3c(=O)[nH]cnc32)cc1. The van der Waals surface area contributed by atoms with Crippen molar-refractivity contribution in [2.75, 3.05) is 0 Å². The van der Waals surface area contributed by atoms with Gasteiger partial charge in [0.05, 0.1) is 18.2 Å². The summed E-state index contributed by atoms with van der Waals surface area (Å²) >= 11 is 0. The first kappa shape index (κ1) is 10.4. The second-order valence-electron chi connectivity index (χ2n) is 3.73. The number of aldehydes is 1. The molecule has 0 fully saturated rings. The molecule has 3 aromatic rings. The minimum Gasteiger partial charge on any atom is -0.312 e. The lowest BCUT2D eigenvalue weighted by atomic mass is 10.2. The summed E-state index contributed by atoms with van der Waals surface area (Å²) < 4.78 is 1.55. The van der Waals surface area contributed by atoms with E-state index in [-0.39, 0.29) is 5.56 Å². The number of carbonyl (C=O) groups is 1. The van der Waals surface area contributed by atoms with Crippen molar-refractivity contribution >= 4 is 17.3 Å². The van der Waals surface area contributed by atoms with E-state index >= 15 is 0 Å². The van der Waals surface area contributed by atoms with Crippen molar-refractivity contribution in [2.45, 2.75) is 0 Å². The monoisotopic (exact) mass is 240 g/mol. The molecule has 2 heterocycles. The Hall–Kier alpha value is -2.76. The van der Waals surface area contributed by atoms with E-state index in [2.05, 4.69) is 15.1 Å². The predicted octanol–water partition coefficient (Wildman–Crippen LogP) is 0.921. The first-order valence-corrected chi connectivity index (χ1v) is 5.26. The molecule has 3 rings (SSSR count). The van der Waals surface area contributed by atoms with E-state index in [1.165, 1.54) is 12.5 Å². The van der Waals surface area contributed by atoms with Crippen molar-refractivity contribution in [3.05, 3.63) is 52.7 Å². The Morgan fingerprint density at radius 1 is 1.22 bits per heavy atom. The summed E-state index contributed by atoms with van der Waals surface area (Å²) in [6, 6.07) is 6.87. The number of aromatic amines is 1. The highest BCUT2D eigenvalue weighted by Crippen LogP contribution is 2.13. The van der Waals surface area contributed by atoms with Crippen molar-refractivity contribution < 1.29 is 4.79 Å². The number of rotatable bonds is 2. The largest absolute Gasteiger partial charge is 0.312 e. The maximum atomic E-state index is 11.5. The summed E-state index contributed by atoms with van der Waals surface area (Å²) in [5.41, 5.74) is 1.59. The van der Waals surface area contributed by atoms with Crippen LogP contribution in [0.25, 0.3) is 16.7 Å². The maximum Gasteiger partial charge on any atom is 0.261 e. The molecule has 0 aliphatic heterocycles. The predicted molar refractivity (Wildman–Crippen MR) is 64.9 cm³/mol. The van der Waals surface area contributed by atoms with Gasteiger partial charge in [0.25, 0.3) is 5.56 Å². The molecular formula is C12H8N4O2. The Balaban J connectivity index is 2.22. The van der Waals surface area contributed by atoms with E-state index in [9.17, 15) is 9.59 Å². The summed E-state index contributed by atoms with van der Waals surface area (Å²) in [5.74, 6) is 0. The van der Waals surface area contributed by atoms with Crippen LogP contribution in [0.5, 0.6) is 0 Å². The Morgan fingerprint density at radius 3 is 2.72 bits per heavy atom. The Labute approximate surface area is 101 Å². The number of nitrogens with one attached hydrogen (secondary N) is 1. The smallest absolute Gasteiger partial charge is 0.261 e. The Kier molecular flexibility index (Phi) is 2.26. The molecule has 18 heavy (non-hydrogen) atoms. The van der Waals surface area contributed by atoms with Gasteiger partial charge in [0.2, 0.25) is 0 Å². The second-order valence-corrected chi connectivity index (χ2v) is 3.73. The molecule has 0 radical (unpaired) electrons. The van der Waals surface area contributed by atoms with Gasteiger partial charge in [-0.15, -0.1) is 0 Å². The van der Waals surface area contributed by atoms with Gasteiger partial charge in [-0.1, -0.05) is 0 Å². The zero-order valence-electron chi connectivity index (χ0n) is 9.20. The normalized spacial score (nSPS) is 10.7. The molecule has 0 unspecified atom stereocenters. The fraction of sp³-hybridized carbons (Fsp3) is 0. The summed E-state index contributed by atoms with van der Waals surface area (Å²) in [6.45, 7) is 0. The minimum absolute atomic E-state index is 0.226. The zero-order chi connectivity index (χ0) is 12.5. The van der Waals surface area contributed by atoms with E-state index in [0.717, 1.165) is 12.0 Å². The van der Waals surface area contributed by atoms with Crippen LogP contribution < -0.4 is 5.56 Å². The molecule has 1 aromatic carbocycles. The van der Waals surface area contributed by atoms with Crippen LogP contribution in [0.15, 0.2) is 41.6 Å². The van der Waals surface area contributed by atoms with Crippen LogP contribution in [-0.2, 0) is 0 Å². The van der Waals surface area contributed by atoms with Crippen molar-refractivity contribution in [1.29, 1.82) is 0 Å². The van der Waals surface area contributed by atoms with Gasteiger partial charge in [-0.25, -0.2) is 9.67 Å². The standard InChI is InChI=1S/C12H8N4O2/c17-6-8-1-3-9(4-2-8)16-11-10(5-15-16)12(18)14-7-13-11/h1-7H,(H,13,14,18). The van der Waals surface area contributed by atoms with Crippen LogP contribution in [0.4, 0.5) is 0 Å². The molecular weight excluding hydrogens is 232 g/mol. The Bertz CT molecular complexity index is 771. The van der Waals surface area contributed by atoms with E-state index < -0.39 is 0 Å². The molecule has 0 aliphatic rings. The molecule has 2 aromatic heterocycles. The lowest BCUT2D eigenvalue weighted by molar-refractivity contribution is 0.112. The lowest BCUT2D eigenvalue weighted by Crippen LogP contribution is -2.06. The number of H-pyrrole nitrogens is 1. The van der Waals surface area contributed by atoms with Crippen molar-refractivity contribution in [1.82, 2.24) is 19.7 Å². The molecule has 6 nitrogen and oxygen atoms in total. The average Bonchev–Trinajstić information content (AvgIpc) is 2.84. The van der Waals surface area contributed by atoms with Crippen LogP contribution in [0.3, 0.4) is 0 Å². The maximum absolute atomic E-state index is 11.5. The highest BCUT2D eigenvalue weighted by Gasteiger charge is 2.08. The number of nitrogens with zero attached hydrogens (tertiary/aromatic N) is 3. The van der Waals surface area contributed by atoms with Gasteiger partial charge >= 0.3 is 0 Å². The van der Waals surface area contributed by atoms with Crippen LogP contribution in [-0.4, -0.2) is 26.0 Å². The third-order valence-corrected chi connectivity index (χ3v) is 2.64. The van der Waals surface area contributed by atoms with Gasteiger partial charge in [0.15, 0.2) is 5.65 Å². The van der Waals surface area contributed by atoms with Gasteiger partial charge in [0, 0.05) is 5.56 Å². The molecule has 0 saturated carbocycles. The van der Waals surface area contributed by atoms with Crippen LogP contribution >= 0.6 is 0 Å². The molecule has 0 aliphatic carbocycles. The highest BCUT2D eigenvalue weighted by atomic mass is 16.1.